The molecule has 2 rings (SSSR count). The van der Waals surface area contributed by atoms with E-state index in [0.717, 1.165) is 24.3 Å². The van der Waals surface area contributed by atoms with Gasteiger partial charge in [-0.3, -0.25) is 0 Å². The molecule has 0 aliphatic rings. The van der Waals surface area contributed by atoms with Gasteiger partial charge in [-0.25, -0.2) is 17.6 Å². The van der Waals surface area contributed by atoms with E-state index in [2.05, 4.69) is 5.32 Å². The van der Waals surface area contributed by atoms with E-state index >= 15 is 0 Å². The highest BCUT2D eigenvalue weighted by molar-refractivity contribution is 5.25. The molecule has 0 saturated heterocycles. The minimum absolute atomic E-state index is 0.310. The number of likely N-dealkylation sites (N-methyl/N-ethyl adjacent to an activating group) is 1. The fourth-order valence-corrected chi connectivity index (χ4v) is 2.19. The second-order valence-electron chi connectivity index (χ2n) is 4.74. The van der Waals surface area contributed by atoms with Crippen LogP contribution < -0.4 is 5.32 Å². The van der Waals surface area contributed by atoms with Crippen molar-refractivity contribution in [3.8, 4) is 0 Å². The summed E-state index contributed by atoms with van der Waals surface area (Å²) in [6.45, 7) is 2.48. The van der Waals surface area contributed by atoms with Crippen LogP contribution in [0, 0.1) is 23.3 Å². The lowest BCUT2D eigenvalue weighted by Crippen LogP contribution is -2.23. The summed E-state index contributed by atoms with van der Waals surface area (Å²) < 4.78 is 52.5. The molecule has 0 spiro atoms. The zero-order valence-electron chi connectivity index (χ0n) is 11.5. The van der Waals surface area contributed by atoms with E-state index in [1.54, 1.807) is 0 Å². The Bertz CT molecular complexity index is 628. The third kappa shape index (κ3) is 3.82. The molecule has 2 aromatic carbocycles. The summed E-state index contributed by atoms with van der Waals surface area (Å²) in [5.74, 6) is -3.68. The molecule has 112 valence electrons. The summed E-state index contributed by atoms with van der Waals surface area (Å²) in [6, 6.07) is 6.98. The largest absolute Gasteiger partial charge is 0.310 e. The molecule has 0 aromatic heterocycles. The van der Waals surface area contributed by atoms with Crippen molar-refractivity contribution in [1.82, 2.24) is 5.32 Å². The summed E-state index contributed by atoms with van der Waals surface area (Å²) in [5, 5.41) is 3.12. The van der Waals surface area contributed by atoms with Gasteiger partial charge in [-0.1, -0.05) is 19.1 Å². The third-order valence-electron chi connectivity index (χ3n) is 3.22. The van der Waals surface area contributed by atoms with Crippen LogP contribution in [-0.2, 0) is 6.42 Å². The maximum atomic E-state index is 13.3. The first-order valence-electron chi connectivity index (χ1n) is 6.63. The summed E-state index contributed by atoms with van der Waals surface area (Å²) >= 11 is 0. The van der Waals surface area contributed by atoms with Gasteiger partial charge in [0.15, 0.2) is 23.3 Å². The number of hydrogen-bond donors (Lipinski definition) is 1. The third-order valence-corrected chi connectivity index (χ3v) is 3.22. The molecule has 0 bridgehead atoms. The molecule has 5 heteroatoms. The number of hydrogen-bond acceptors (Lipinski definition) is 1. The smallest absolute Gasteiger partial charge is 0.159 e. The fourth-order valence-electron chi connectivity index (χ4n) is 2.19. The quantitative estimate of drug-likeness (QED) is 0.818. The van der Waals surface area contributed by atoms with Crippen molar-refractivity contribution >= 4 is 0 Å². The van der Waals surface area contributed by atoms with Gasteiger partial charge in [0.05, 0.1) is 0 Å². The van der Waals surface area contributed by atoms with Gasteiger partial charge in [-0.2, -0.15) is 0 Å². The Morgan fingerprint density at radius 1 is 0.857 bits per heavy atom. The topological polar surface area (TPSA) is 12.0 Å². The highest BCUT2D eigenvalue weighted by atomic mass is 19.2. The molecule has 1 unspecified atom stereocenters. The molecule has 0 amide bonds. The van der Waals surface area contributed by atoms with Crippen LogP contribution in [0.1, 0.15) is 24.1 Å². The second-order valence-corrected chi connectivity index (χ2v) is 4.74. The minimum atomic E-state index is -0.930. The lowest BCUT2D eigenvalue weighted by molar-refractivity contribution is 0.493. The maximum absolute atomic E-state index is 13.3. The van der Waals surface area contributed by atoms with E-state index in [1.165, 1.54) is 12.1 Å². The van der Waals surface area contributed by atoms with E-state index < -0.39 is 23.3 Å². The Balaban J connectivity index is 2.25. The Morgan fingerprint density at radius 3 is 2.05 bits per heavy atom. The van der Waals surface area contributed by atoms with Crippen molar-refractivity contribution in [1.29, 1.82) is 0 Å². The molecular formula is C16H15F4N. The van der Waals surface area contributed by atoms with Crippen LogP contribution in [0.15, 0.2) is 36.4 Å². The first-order valence-corrected chi connectivity index (χ1v) is 6.63. The highest BCUT2D eigenvalue weighted by Gasteiger charge is 2.14. The van der Waals surface area contributed by atoms with E-state index in [4.69, 9.17) is 0 Å². The van der Waals surface area contributed by atoms with Crippen molar-refractivity contribution in [2.45, 2.75) is 19.4 Å². The predicted octanol–water partition coefficient (Wildman–Crippen LogP) is 4.14. The highest BCUT2D eigenvalue weighted by Crippen LogP contribution is 2.21. The normalized spacial score (nSPS) is 12.4. The molecule has 1 nitrogen and oxygen atoms in total. The van der Waals surface area contributed by atoms with Crippen molar-refractivity contribution in [3.63, 3.8) is 0 Å². The monoisotopic (exact) mass is 297 g/mol. The summed E-state index contributed by atoms with van der Waals surface area (Å²) in [4.78, 5) is 0. The van der Waals surface area contributed by atoms with Gasteiger partial charge in [-0.15, -0.1) is 0 Å². The number of benzene rings is 2. The number of halogens is 4. The van der Waals surface area contributed by atoms with Crippen LogP contribution >= 0.6 is 0 Å². The summed E-state index contributed by atoms with van der Waals surface area (Å²) in [7, 11) is 0. The molecule has 21 heavy (non-hydrogen) atoms. The Hall–Kier alpha value is -1.88. The fraction of sp³-hybridized carbons (Fsp3) is 0.250. The average molecular weight is 297 g/mol. The van der Waals surface area contributed by atoms with Crippen molar-refractivity contribution in [2.24, 2.45) is 0 Å². The van der Waals surface area contributed by atoms with Crippen molar-refractivity contribution in [2.75, 3.05) is 6.54 Å². The summed E-state index contributed by atoms with van der Waals surface area (Å²) in [6.07, 6.45) is 0.343. The molecule has 2 aromatic rings. The minimum Gasteiger partial charge on any atom is -0.310 e. The molecule has 0 fully saturated rings. The lowest BCUT2D eigenvalue weighted by atomic mass is 9.98. The first kappa shape index (κ1) is 15.5. The van der Waals surface area contributed by atoms with Gasteiger partial charge in [0.2, 0.25) is 0 Å². The molecule has 0 heterocycles. The van der Waals surface area contributed by atoms with Gasteiger partial charge in [0.25, 0.3) is 0 Å². The molecular weight excluding hydrogens is 282 g/mol. The number of nitrogens with one attached hydrogen (secondary N) is 1. The SMILES string of the molecule is CCNC(Cc1ccc(F)c(F)c1)c1ccc(F)c(F)c1. The van der Waals surface area contributed by atoms with Gasteiger partial charge in [0.1, 0.15) is 0 Å². The van der Waals surface area contributed by atoms with Crippen molar-refractivity contribution < 1.29 is 17.6 Å². The van der Waals surface area contributed by atoms with E-state index in [9.17, 15) is 17.6 Å². The second kappa shape index (κ2) is 6.72. The van der Waals surface area contributed by atoms with Crippen LogP contribution in [0.3, 0.4) is 0 Å². The van der Waals surface area contributed by atoms with Crippen LogP contribution in [0.4, 0.5) is 17.6 Å². The van der Waals surface area contributed by atoms with Gasteiger partial charge < -0.3 is 5.32 Å². The lowest BCUT2D eigenvalue weighted by Gasteiger charge is -2.19. The molecule has 0 saturated carbocycles. The van der Waals surface area contributed by atoms with Crippen LogP contribution in [-0.4, -0.2) is 6.54 Å². The zero-order chi connectivity index (χ0) is 15.4. The van der Waals surface area contributed by atoms with Gasteiger partial charge in [-0.05, 0) is 48.4 Å². The van der Waals surface area contributed by atoms with Gasteiger partial charge >= 0.3 is 0 Å². The van der Waals surface area contributed by atoms with Crippen LogP contribution in [0.2, 0.25) is 0 Å². The average Bonchev–Trinajstić information content (AvgIpc) is 2.45. The van der Waals surface area contributed by atoms with Crippen LogP contribution in [0.25, 0.3) is 0 Å². The Labute approximate surface area is 120 Å². The van der Waals surface area contributed by atoms with Gasteiger partial charge in [0, 0.05) is 6.04 Å². The zero-order valence-corrected chi connectivity index (χ0v) is 11.5. The predicted molar refractivity (Wildman–Crippen MR) is 72.8 cm³/mol. The first-order chi connectivity index (χ1) is 10.0. The Kier molecular flexibility index (Phi) is 4.96. The molecule has 1 atom stereocenters. The maximum Gasteiger partial charge on any atom is 0.159 e. The number of rotatable bonds is 5. The standard InChI is InChI=1S/C16H15F4N/c1-2-21-16(11-4-6-13(18)15(20)9-11)8-10-3-5-12(17)14(19)7-10/h3-7,9,16,21H,2,8H2,1H3. The Morgan fingerprint density at radius 2 is 1.48 bits per heavy atom. The molecule has 0 aliphatic carbocycles. The molecule has 0 radical (unpaired) electrons. The molecule has 0 aliphatic heterocycles. The van der Waals surface area contributed by atoms with E-state index in [1.807, 2.05) is 6.92 Å². The van der Waals surface area contributed by atoms with E-state index in [0.29, 0.717) is 24.1 Å². The molecule has 1 N–H and O–H groups in total. The van der Waals surface area contributed by atoms with Crippen molar-refractivity contribution in [3.05, 3.63) is 70.8 Å². The summed E-state index contributed by atoms with van der Waals surface area (Å²) in [5.41, 5.74) is 1.13. The van der Waals surface area contributed by atoms with Crippen LogP contribution in [0.5, 0.6) is 0 Å². The van der Waals surface area contributed by atoms with E-state index in [-0.39, 0.29) is 6.04 Å².